The van der Waals surface area contributed by atoms with E-state index in [0.717, 1.165) is 5.56 Å². The third-order valence-corrected chi connectivity index (χ3v) is 2.79. The van der Waals surface area contributed by atoms with Crippen molar-refractivity contribution in [3.05, 3.63) is 69.8 Å². The van der Waals surface area contributed by atoms with Gasteiger partial charge in [0.15, 0.2) is 5.84 Å². The van der Waals surface area contributed by atoms with Gasteiger partial charge in [0, 0.05) is 11.6 Å². The Morgan fingerprint density at radius 1 is 1.29 bits per heavy atom. The first-order valence-electron chi connectivity index (χ1n) is 6.04. The van der Waals surface area contributed by atoms with E-state index in [0.29, 0.717) is 11.3 Å². The summed E-state index contributed by atoms with van der Waals surface area (Å²) >= 11 is 0. The minimum absolute atomic E-state index is 0.0187. The fraction of sp³-hybridized carbons (Fsp3) is 0.0714. The second-order valence-electron chi connectivity index (χ2n) is 4.23. The maximum Gasteiger partial charge on any atom is 0.273 e. The number of hydrogen-bond acceptors (Lipinski definition) is 5. The molecule has 0 saturated carbocycles. The van der Waals surface area contributed by atoms with Crippen LogP contribution in [0.4, 0.5) is 5.69 Å². The number of rotatable bonds is 5. The molecule has 108 valence electrons. The molecule has 2 rings (SSSR count). The highest BCUT2D eigenvalue weighted by molar-refractivity contribution is 5.96. The predicted molar refractivity (Wildman–Crippen MR) is 76.4 cm³/mol. The standard InChI is InChI=1S/C14H13N3O4/c15-14(16-18)11-6-4-10(5-7-11)9-21-13-3-1-2-12(8-13)17(19)20/h1-8,18H,9H2,(H2,15,16). The summed E-state index contributed by atoms with van der Waals surface area (Å²) in [7, 11) is 0. The average Bonchev–Trinajstić information content (AvgIpc) is 2.53. The lowest BCUT2D eigenvalue weighted by Gasteiger charge is -2.07. The Labute approximate surface area is 120 Å². The number of nitro groups is 1. The molecule has 0 unspecified atom stereocenters. The van der Waals surface area contributed by atoms with Gasteiger partial charge >= 0.3 is 0 Å². The fourth-order valence-electron chi connectivity index (χ4n) is 1.68. The highest BCUT2D eigenvalue weighted by Crippen LogP contribution is 2.20. The van der Waals surface area contributed by atoms with Crippen LogP contribution in [0.1, 0.15) is 11.1 Å². The molecule has 0 atom stereocenters. The van der Waals surface area contributed by atoms with E-state index in [1.807, 2.05) is 0 Å². The van der Waals surface area contributed by atoms with Crippen molar-refractivity contribution in [2.75, 3.05) is 0 Å². The molecule has 0 bridgehead atoms. The second kappa shape index (κ2) is 6.38. The number of ether oxygens (including phenoxy) is 1. The van der Waals surface area contributed by atoms with E-state index >= 15 is 0 Å². The molecule has 0 aliphatic carbocycles. The largest absolute Gasteiger partial charge is 0.489 e. The van der Waals surface area contributed by atoms with Crippen molar-refractivity contribution in [3.63, 3.8) is 0 Å². The Balaban J connectivity index is 2.03. The van der Waals surface area contributed by atoms with E-state index in [-0.39, 0.29) is 18.1 Å². The van der Waals surface area contributed by atoms with Crippen LogP contribution in [0.5, 0.6) is 5.75 Å². The van der Waals surface area contributed by atoms with E-state index in [2.05, 4.69) is 5.16 Å². The number of amidine groups is 1. The van der Waals surface area contributed by atoms with Crippen LogP contribution >= 0.6 is 0 Å². The average molecular weight is 287 g/mol. The number of nitro benzene ring substituents is 1. The van der Waals surface area contributed by atoms with Crippen LogP contribution < -0.4 is 10.5 Å². The maximum atomic E-state index is 10.7. The molecule has 0 aromatic heterocycles. The maximum absolute atomic E-state index is 10.7. The minimum atomic E-state index is -0.474. The van der Waals surface area contributed by atoms with Gasteiger partial charge in [-0.15, -0.1) is 0 Å². The molecule has 0 radical (unpaired) electrons. The van der Waals surface area contributed by atoms with Crippen LogP contribution in [0.15, 0.2) is 53.7 Å². The Hall–Kier alpha value is -3.09. The van der Waals surface area contributed by atoms with Crippen molar-refractivity contribution in [2.24, 2.45) is 10.9 Å². The van der Waals surface area contributed by atoms with Gasteiger partial charge in [0.25, 0.3) is 5.69 Å². The van der Waals surface area contributed by atoms with Gasteiger partial charge < -0.3 is 15.7 Å². The molecule has 2 aromatic rings. The molecule has 0 heterocycles. The molecule has 21 heavy (non-hydrogen) atoms. The topological polar surface area (TPSA) is 111 Å². The number of oxime groups is 1. The lowest BCUT2D eigenvalue weighted by atomic mass is 10.1. The van der Waals surface area contributed by atoms with Crippen molar-refractivity contribution >= 4 is 11.5 Å². The van der Waals surface area contributed by atoms with Gasteiger partial charge in [0.05, 0.1) is 11.0 Å². The number of non-ortho nitro benzene ring substituents is 1. The predicted octanol–water partition coefficient (Wildman–Crippen LogP) is 2.27. The van der Waals surface area contributed by atoms with Crippen LogP contribution in [0.25, 0.3) is 0 Å². The van der Waals surface area contributed by atoms with Crippen molar-refractivity contribution in [1.82, 2.24) is 0 Å². The van der Waals surface area contributed by atoms with Gasteiger partial charge in [0.2, 0.25) is 0 Å². The van der Waals surface area contributed by atoms with Crippen LogP contribution in [0.2, 0.25) is 0 Å². The van der Waals surface area contributed by atoms with E-state index in [1.165, 1.54) is 12.1 Å². The second-order valence-corrected chi connectivity index (χ2v) is 4.23. The smallest absolute Gasteiger partial charge is 0.273 e. The molecule has 0 aliphatic rings. The zero-order chi connectivity index (χ0) is 15.2. The van der Waals surface area contributed by atoms with Gasteiger partial charge in [-0.2, -0.15) is 0 Å². The number of nitrogens with zero attached hydrogens (tertiary/aromatic N) is 2. The van der Waals surface area contributed by atoms with Gasteiger partial charge in [0.1, 0.15) is 12.4 Å². The van der Waals surface area contributed by atoms with Gasteiger partial charge in [-0.1, -0.05) is 35.5 Å². The van der Waals surface area contributed by atoms with Gasteiger partial charge in [-0.3, -0.25) is 10.1 Å². The molecule has 2 aromatic carbocycles. The van der Waals surface area contributed by atoms with Crippen molar-refractivity contribution < 1.29 is 14.9 Å². The quantitative estimate of drug-likeness (QED) is 0.288. The number of benzene rings is 2. The summed E-state index contributed by atoms with van der Waals surface area (Å²) in [5.74, 6) is 0.450. The summed E-state index contributed by atoms with van der Waals surface area (Å²) in [4.78, 5) is 10.2. The Bertz CT molecular complexity index is 668. The van der Waals surface area contributed by atoms with E-state index < -0.39 is 4.92 Å². The summed E-state index contributed by atoms with van der Waals surface area (Å²) in [6.45, 7) is 0.262. The molecule has 0 saturated heterocycles. The zero-order valence-electron chi connectivity index (χ0n) is 11.0. The molecule has 7 nitrogen and oxygen atoms in total. The third kappa shape index (κ3) is 3.69. The molecule has 0 spiro atoms. The summed E-state index contributed by atoms with van der Waals surface area (Å²) in [6.07, 6.45) is 0. The third-order valence-electron chi connectivity index (χ3n) is 2.79. The Morgan fingerprint density at radius 3 is 2.62 bits per heavy atom. The molecular weight excluding hydrogens is 274 g/mol. The van der Waals surface area contributed by atoms with Crippen LogP contribution in [0.3, 0.4) is 0 Å². The summed E-state index contributed by atoms with van der Waals surface area (Å²) in [5, 5.41) is 22.1. The number of nitrogens with two attached hydrogens (primary N) is 1. The fourth-order valence-corrected chi connectivity index (χ4v) is 1.68. The minimum Gasteiger partial charge on any atom is -0.489 e. The lowest BCUT2D eigenvalue weighted by molar-refractivity contribution is -0.384. The first-order chi connectivity index (χ1) is 10.1. The van der Waals surface area contributed by atoms with Gasteiger partial charge in [-0.25, -0.2) is 0 Å². The molecule has 0 fully saturated rings. The van der Waals surface area contributed by atoms with Crippen LogP contribution in [-0.4, -0.2) is 16.0 Å². The van der Waals surface area contributed by atoms with Crippen LogP contribution in [0, 0.1) is 10.1 Å². The van der Waals surface area contributed by atoms with Gasteiger partial charge in [-0.05, 0) is 11.6 Å². The highest BCUT2D eigenvalue weighted by Gasteiger charge is 2.06. The molecule has 7 heteroatoms. The lowest BCUT2D eigenvalue weighted by Crippen LogP contribution is -2.12. The first-order valence-corrected chi connectivity index (χ1v) is 6.04. The molecule has 0 aliphatic heterocycles. The summed E-state index contributed by atoms with van der Waals surface area (Å²) in [6, 6.07) is 12.9. The van der Waals surface area contributed by atoms with E-state index in [4.69, 9.17) is 15.7 Å². The normalized spacial score (nSPS) is 11.1. The van der Waals surface area contributed by atoms with Crippen molar-refractivity contribution in [1.29, 1.82) is 0 Å². The SMILES string of the molecule is N/C(=N\O)c1ccc(COc2cccc([N+](=O)[O-])c2)cc1. The van der Waals surface area contributed by atoms with Crippen molar-refractivity contribution in [2.45, 2.75) is 6.61 Å². The molecular formula is C14H13N3O4. The molecule has 3 N–H and O–H groups in total. The molecule has 0 amide bonds. The number of hydrogen-bond donors (Lipinski definition) is 2. The van der Waals surface area contributed by atoms with Crippen LogP contribution in [-0.2, 0) is 6.61 Å². The summed E-state index contributed by atoms with van der Waals surface area (Å²) in [5.41, 5.74) is 6.89. The Morgan fingerprint density at radius 2 is 2.00 bits per heavy atom. The highest BCUT2D eigenvalue weighted by atomic mass is 16.6. The van der Waals surface area contributed by atoms with E-state index in [1.54, 1.807) is 36.4 Å². The first kappa shape index (κ1) is 14.3. The van der Waals surface area contributed by atoms with Crippen molar-refractivity contribution in [3.8, 4) is 5.75 Å². The summed E-state index contributed by atoms with van der Waals surface area (Å²) < 4.78 is 5.49. The zero-order valence-corrected chi connectivity index (χ0v) is 11.0. The Kier molecular flexibility index (Phi) is 4.35. The van der Waals surface area contributed by atoms with E-state index in [9.17, 15) is 10.1 Å². The monoisotopic (exact) mass is 287 g/mol.